The fraction of sp³-hybridized carbons (Fsp3) is 0.192. The summed E-state index contributed by atoms with van der Waals surface area (Å²) >= 11 is 0. The number of amides is 1. The second-order valence-corrected chi connectivity index (χ2v) is 8.64. The molecule has 0 aliphatic heterocycles. The molecule has 0 saturated heterocycles. The van der Waals surface area contributed by atoms with Crippen LogP contribution >= 0.6 is 0 Å². The Kier molecular flexibility index (Phi) is 6.76. The molecule has 0 fully saturated rings. The van der Waals surface area contributed by atoms with Crippen LogP contribution in [0.25, 0.3) is 16.7 Å². The van der Waals surface area contributed by atoms with Gasteiger partial charge < -0.3 is 19.9 Å². The fourth-order valence-corrected chi connectivity index (χ4v) is 3.75. The summed E-state index contributed by atoms with van der Waals surface area (Å²) in [7, 11) is 3.59. The summed E-state index contributed by atoms with van der Waals surface area (Å²) in [5.41, 5.74) is 3.65. The number of nitrogens with zero attached hydrogens (tertiary/aromatic N) is 9. The van der Waals surface area contributed by atoms with Gasteiger partial charge in [-0.3, -0.25) is 4.79 Å². The maximum Gasteiger partial charge on any atom is 0.245 e. The largest absolute Gasteiger partial charge is 0.457 e. The molecule has 12 heteroatoms. The summed E-state index contributed by atoms with van der Waals surface area (Å²) in [6.45, 7) is 6.53. The van der Waals surface area contributed by atoms with Crippen molar-refractivity contribution in [1.29, 1.82) is 0 Å². The van der Waals surface area contributed by atoms with Gasteiger partial charge in [-0.15, -0.1) is 0 Å². The molecule has 5 aromatic rings. The highest BCUT2D eigenvalue weighted by Crippen LogP contribution is 2.30. The van der Waals surface area contributed by atoms with Gasteiger partial charge in [0.05, 0.1) is 6.20 Å². The standard InChI is InChI=1S/C26H26N10O2/c1-5-23(37)34(3)10-11-35(4)26-27-14-20-24(33-26)25(30-15-28-20)32-18-6-7-21(17(2)12-18)38-19-8-9-36-22(13-19)29-16-31-36/h5-9,12-16H,1,10-11H2,2-4H3,(H,28,30,32). The van der Waals surface area contributed by atoms with Gasteiger partial charge in [0.1, 0.15) is 35.2 Å². The molecule has 38 heavy (non-hydrogen) atoms. The lowest BCUT2D eigenvalue weighted by atomic mass is 10.2. The van der Waals surface area contributed by atoms with Crippen LogP contribution in [0.15, 0.2) is 68.0 Å². The van der Waals surface area contributed by atoms with E-state index in [4.69, 9.17) is 9.72 Å². The molecule has 12 nitrogen and oxygen atoms in total. The van der Waals surface area contributed by atoms with Crippen LogP contribution in [0.5, 0.6) is 11.5 Å². The molecule has 0 aliphatic carbocycles. The molecule has 4 aromatic heterocycles. The predicted octanol–water partition coefficient (Wildman–Crippen LogP) is 3.39. The van der Waals surface area contributed by atoms with E-state index in [9.17, 15) is 4.79 Å². The smallest absolute Gasteiger partial charge is 0.245 e. The van der Waals surface area contributed by atoms with Crippen molar-refractivity contribution < 1.29 is 9.53 Å². The number of carbonyl (C=O) groups is 1. The zero-order valence-corrected chi connectivity index (χ0v) is 21.2. The summed E-state index contributed by atoms with van der Waals surface area (Å²) in [6, 6.07) is 9.44. The first-order valence-corrected chi connectivity index (χ1v) is 11.8. The Bertz CT molecular complexity index is 1630. The van der Waals surface area contributed by atoms with Crippen molar-refractivity contribution in [3.8, 4) is 11.5 Å². The van der Waals surface area contributed by atoms with Crippen molar-refractivity contribution in [2.75, 3.05) is 37.4 Å². The van der Waals surface area contributed by atoms with E-state index in [0.717, 1.165) is 17.0 Å². The lowest BCUT2D eigenvalue weighted by molar-refractivity contribution is -0.124. The molecule has 1 N–H and O–H groups in total. The van der Waals surface area contributed by atoms with E-state index in [1.807, 2.05) is 49.2 Å². The number of aryl methyl sites for hydroxylation is 1. The van der Waals surface area contributed by atoms with Gasteiger partial charge in [-0.2, -0.15) is 5.10 Å². The number of fused-ring (bicyclic) bond motifs is 2. The lowest BCUT2D eigenvalue weighted by Crippen LogP contribution is -2.34. The Morgan fingerprint density at radius 3 is 2.79 bits per heavy atom. The SMILES string of the molecule is C=CC(=O)N(C)CCN(C)c1ncc2ncnc(Nc3ccc(Oc4ccn5ncnc5c4)c(C)c3)c2n1. The Hall–Kier alpha value is -5.13. The topological polar surface area (TPSA) is 127 Å². The molecule has 0 spiro atoms. The minimum Gasteiger partial charge on any atom is -0.457 e. The molecule has 0 atom stereocenters. The lowest BCUT2D eigenvalue weighted by Gasteiger charge is -2.21. The molecule has 0 saturated carbocycles. The Labute approximate surface area is 218 Å². The Morgan fingerprint density at radius 2 is 1.97 bits per heavy atom. The number of aromatic nitrogens is 7. The summed E-state index contributed by atoms with van der Waals surface area (Å²) in [5, 5.41) is 7.44. The molecule has 1 amide bonds. The van der Waals surface area contributed by atoms with Crippen LogP contribution < -0.4 is 15.0 Å². The minimum atomic E-state index is -0.138. The fourth-order valence-electron chi connectivity index (χ4n) is 3.75. The Morgan fingerprint density at radius 1 is 1.11 bits per heavy atom. The van der Waals surface area contributed by atoms with Crippen molar-refractivity contribution in [1.82, 2.24) is 39.4 Å². The van der Waals surface area contributed by atoms with Crippen LogP contribution in [0.3, 0.4) is 0 Å². The highest BCUT2D eigenvalue weighted by atomic mass is 16.5. The molecular weight excluding hydrogens is 484 g/mol. The van der Waals surface area contributed by atoms with Crippen molar-refractivity contribution in [2.24, 2.45) is 0 Å². The molecule has 4 heterocycles. The van der Waals surface area contributed by atoms with Gasteiger partial charge in [-0.25, -0.2) is 29.4 Å². The van der Waals surface area contributed by atoms with Gasteiger partial charge in [0.15, 0.2) is 11.5 Å². The van der Waals surface area contributed by atoms with Gasteiger partial charge in [0.2, 0.25) is 11.9 Å². The third kappa shape index (κ3) is 5.19. The molecule has 0 unspecified atom stereocenters. The van der Waals surface area contributed by atoms with Crippen molar-refractivity contribution in [2.45, 2.75) is 6.92 Å². The van der Waals surface area contributed by atoms with E-state index in [0.29, 0.717) is 47.3 Å². The number of pyridine rings is 1. The molecular formula is C26H26N10O2. The summed E-state index contributed by atoms with van der Waals surface area (Å²) in [5.74, 6) is 2.30. The van der Waals surface area contributed by atoms with Crippen molar-refractivity contribution >= 4 is 40.0 Å². The number of hydrogen-bond donors (Lipinski definition) is 1. The van der Waals surface area contributed by atoms with E-state index >= 15 is 0 Å². The number of nitrogens with one attached hydrogen (secondary N) is 1. The summed E-state index contributed by atoms with van der Waals surface area (Å²) in [6.07, 6.45) is 7.72. The maximum absolute atomic E-state index is 11.7. The normalized spacial score (nSPS) is 10.9. The first kappa shape index (κ1) is 24.6. The van der Waals surface area contributed by atoms with Gasteiger partial charge >= 0.3 is 0 Å². The van der Waals surface area contributed by atoms with Crippen LogP contribution in [0.2, 0.25) is 0 Å². The first-order chi connectivity index (χ1) is 18.4. The minimum absolute atomic E-state index is 0.138. The molecule has 1 aromatic carbocycles. The summed E-state index contributed by atoms with van der Waals surface area (Å²) in [4.78, 5) is 37.2. The van der Waals surface area contributed by atoms with Crippen LogP contribution in [-0.4, -0.2) is 72.5 Å². The number of benzene rings is 1. The number of hydrogen-bond acceptors (Lipinski definition) is 10. The van der Waals surface area contributed by atoms with Crippen molar-refractivity contribution in [3.63, 3.8) is 0 Å². The number of rotatable bonds is 9. The molecule has 0 radical (unpaired) electrons. The highest BCUT2D eigenvalue weighted by molar-refractivity contribution is 5.87. The molecule has 0 bridgehead atoms. The van der Waals surface area contributed by atoms with Crippen LogP contribution in [-0.2, 0) is 4.79 Å². The van der Waals surface area contributed by atoms with E-state index in [1.165, 1.54) is 18.7 Å². The third-order valence-corrected chi connectivity index (χ3v) is 5.95. The van der Waals surface area contributed by atoms with Gasteiger partial charge in [0, 0.05) is 45.1 Å². The van der Waals surface area contributed by atoms with E-state index < -0.39 is 0 Å². The highest BCUT2D eigenvalue weighted by Gasteiger charge is 2.13. The van der Waals surface area contributed by atoms with Gasteiger partial charge in [0.25, 0.3) is 0 Å². The zero-order valence-electron chi connectivity index (χ0n) is 21.2. The van der Waals surface area contributed by atoms with E-state index in [2.05, 4.69) is 36.9 Å². The van der Waals surface area contributed by atoms with Crippen molar-refractivity contribution in [3.05, 3.63) is 73.6 Å². The molecule has 0 aliphatic rings. The second kappa shape index (κ2) is 10.5. The second-order valence-electron chi connectivity index (χ2n) is 8.64. The number of carbonyl (C=O) groups excluding carboxylic acids is 1. The average molecular weight is 511 g/mol. The monoisotopic (exact) mass is 510 g/mol. The summed E-state index contributed by atoms with van der Waals surface area (Å²) < 4.78 is 7.75. The van der Waals surface area contributed by atoms with Crippen LogP contribution in [0.1, 0.15) is 5.56 Å². The van der Waals surface area contributed by atoms with E-state index in [1.54, 1.807) is 28.9 Å². The average Bonchev–Trinajstić information content (AvgIpc) is 3.40. The number of ether oxygens (including phenoxy) is 1. The van der Waals surface area contributed by atoms with Gasteiger partial charge in [-0.05, 0) is 42.8 Å². The maximum atomic E-state index is 11.7. The Balaban J connectivity index is 1.33. The number of anilines is 3. The van der Waals surface area contributed by atoms with Gasteiger partial charge in [-0.1, -0.05) is 6.58 Å². The van der Waals surface area contributed by atoms with Crippen LogP contribution in [0.4, 0.5) is 17.5 Å². The quantitative estimate of drug-likeness (QED) is 0.295. The molecule has 192 valence electrons. The number of likely N-dealkylation sites (N-methyl/N-ethyl adjacent to an activating group) is 2. The van der Waals surface area contributed by atoms with E-state index in [-0.39, 0.29) is 5.91 Å². The third-order valence-electron chi connectivity index (χ3n) is 5.95. The predicted molar refractivity (Wildman–Crippen MR) is 144 cm³/mol. The zero-order chi connectivity index (χ0) is 26.6. The first-order valence-electron chi connectivity index (χ1n) is 11.8. The molecule has 5 rings (SSSR count). The van der Waals surface area contributed by atoms with Crippen LogP contribution in [0, 0.1) is 6.92 Å².